The van der Waals surface area contributed by atoms with Gasteiger partial charge in [-0.25, -0.2) is 4.98 Å². The minimum Gasteiger partial charge on any atom is -0.457 e. The first-order chi connectivity index (χ1) is 18.0. The molecule has 9 heteroatoms. The lowest BCUT2D eigenvalue weighted by Gasteiger charge is -2.41. The monoisotopic (exact) mass is 514 g/mol. The van der Waals surface area contributed by atoms with E-state index in [-0.39, 0.29) is 5.91 Å². The molecule has 5 rings (SSSR count). The number of anilines is 2. The molecule has 0 saturated carbocycles. The van der Waals surface area contributed by atoms with E-state index in [1.165, 1.54) is 11.3 Å². The summed E-state index contributed by atoms with van der Waals surface area (Å²) in [6.07, 6.45) is 4.31. The van der Waals surface area contributed by atoms with Gasteiger partial charge in [0.05, 0.1) is 23.8 Å². The van der Waals surface area contributed by atoms with Crippen LogP contribution in [0.2, 0.25) is 0 Å². The largest absolute Gasteiger partial charge is 0.457 e. The molecule has 1 N–H and O–H groups in total. The summed E-state index contributed by atoms with van der Waals surface area (Å²) in [5.74, 6) is 1.30. The second-order valence-corrected chi connectivity index (χ2v) is 9.97. The van der Waals surface area contributed by atoms with Gasteiger partial charge in [-0.1, -0.05) is 25.1 Å². The molecule has 0 unspecified atom stereocenters. The Hall–Kier alpha value is -3.82. The maximum absolute atomic E-state index is 13.3. The van der Waals surface area contributed by atoms with Crippen molar-refractivity contribution in [3.8, 4) is 22.1 Å². The summed E-state index contributed by atoms with van der Waals surface area (Å²) in [5.41, 5.74) is 3.93. The average Bonchev–Trinajstić information content (AvgIpc) is 3.43. The number of ether oxygens (including phenoxy) is 1. The number of aromatic nitrogens is 3. The summed E-state index contributed by atoms with van der Waals surface area (Å²) in [6.45, 7) is 6.96. The fourth-order valence-electron chi connectivity index (χ4n) is 4.62. The van der Waals surface area contributed by atoms with Gasteiger partial charge in [-0.3, -0.25) is 9.69 Å². The number of benzene rings is 2. The molecule has 1 aliphatic heterocycles. The van der Waals surface area contributed by atoms with Gasteiger partial charge < -0.3 is 15.0 Å². The number of carbonyl (C=O) groups excluding carboxylic acids is 1. The second-order valence-electron chi connectivity index (χ2n) is 9.11. The molecule has 4 aromatic rings. The van der Waals surface area contributed by atoms with E-state index < -0.39 is 0 Å². The Labute approximate surface area is 220 Å². The summed E-state index contributed by atoms with van der Waals surface area (Å²) in [7, 11) is 2.17. The molecule has 0 radical (unpaired) electrons. The van der Waals surface area contributed by atoms with E-state index in [0.29, 0.717) is 11.7 Å². The zero-order valence-electron chi connectivity index (χ0n) is 21.2. The van der Waals surface area contributed by atoms with Gasteiger partial charge in [0.25, 0.3) is 5.91 Å². The molecule has 0 aliphatic carbocycles. The van der Waals surface area contributed by atoms with Gasteiger partial charge in [-0.15, -0.1) is 11.3 Å². The van der Waals surface area contributed by atoms with E-state index in [9.17, 15) is 4.79 Å². The highest BCUT2D eigenvalue weighted by atomic mass is 32.1. The Bertz CT molecular complexity index is 1360. The predicted octanol–water partition coefficient (Wildman–Crippen LogP) is 5.48. The molecule has 3 heterocycles. The summed E-state index contributed by atoms with van der Waals surface area (Å²) < 4.78 is 6.24. The molecular formula is C28H30N6O2S. The fraction of sp³-hybridized carbons (Fsp3) is 0.286. The lowest BCUT2D eigenvalue weighted by molar-refractivity contribution is 0.102. The van der Waals surface area contributed by atoms with Crippen molar-refractivity contribution < 1.29 is 9.53 Å². The smallest absolute Gasteiger partial charge is 0.275 e. The van der Waals surface area contributed by atoms with Crippen LogP contribution in [0.5, 0.6) is 11.5 Å². The van der Waals surface area contributed by atoms with Crippen LogP contribution in [0, 0.1) is 6.92 Å². The van der Waals surface area contributed by atoms with Gasteiger partial charge in [0.1, 0.15) is 22.2 Å². The van der Waals surface area contributed by atoms with Gasteiger partial charge in [0.15, 0.2) is 0 Å². The minimum absolute atomic E-state index is 0.247. The van der Waals surface area contributed by atoms with Crippen LogP contribution in [0.1, 0.15) is 29.4 Å². The van der Waals surface area contributed by atoms with Gasteiger partial charge in [-0.05, 0) is 50.7 Å². The van der Waals surface area contributed by atoms with Crippen molar-refractivity contribution in [1.82, 2.24) is 20.1 Å². The van der Waals surface area contributed by atoms with E-state index in [1.54, 1.807) is 17.8 Å². The lowest BCUT2D eigenvalue weighted by atomic mass is 10.0. The standard InChI is InChI=1S/C28H30N6O2S/c1-4-21-17-34(15-14-33(21)3)26-19(2)25(36-22-8-6-5-7-9-22)11-10-23(26)31-27(35)24-18-37-28(32-24)20-12-13-29-30-16-20/h5-13,16,18,21H,4,14-15,17H2,1-3H3,(H,31,35)/t21-/m0/s1. The zero-order chi connectivity index (χ0) is 25.8. The van der Waals surface area contributed by atoms with Crippen molar-refractivity contribution in [3.05, 3.63) is 77.6 Å². The number of para-hydroxylation sites is 1. The third-order valence-corrected chi connectivity index (χ3v) is 7.62. The van der Waals surface area contributed by atoms with E-state index in [2.05, 4.69) is 51.2 Å². The van der Waals surface area contributed by atoms with Crippen molar-refractivity contribution >= 4 is 28.6 Å². The van der Waals surface area contributed by atoms with Crippen LogP contribution in [-0.2, 0) is 0 Å². The van der Waals surface area contributed by atoms with Gasteiger partial charge in [0, 0.05) is 42.2 Å². The number of thiazole rings is 1. The van der Waals surface area contributed by atoms with Crippen molar-refractivity contribution in [1.29, 1.82) is 0 Å². The molecule has 2 aromatic heterocycles. The predicted molar refractivity (Wildman–Crippen MR) is 148 cm³/mol. The topological polar surface area (TPSA) is 83.5 Å². The highest BCUT2D eigenvalue weighted by molar-refractivity contribution is 7.13. The Morgan fingerprint density at radius 3 is 2.73 bits per heavy atom. The van der Waals surface area contributed by atoms with Crippen LogP contribution in [0.25, 0.3) is 10.6 Å². The minimum atomic E-state index is -0.247. The van der Waals surface area contributed by atoms with Gasteiger partial charge in [0.2, 0.25) is 0 Å². The molecule has 1 saturated heterocycles. The van der Waals surface area contributed by atoms with Crippen LogP contribution in [0.4, 0.5) is 11.4 Å². The maximum Gasteiger partial charge on any atom is 0.275 e. The summed E-state index contributed by atoms with van der Waals surface area (Å²) in [4.78, 5) is 22.6. The third-order valence-electron chi connectivity index (χ3n) is 6.73. The van der Waals surface area contributed by atoms with Crippen LogP contribution in [0.3, 0.4) is 0 Å². The number of piperazine rings is 1. The van der Waals surface area contributed by atoms with Gasteiger partial charge in [-0.2, -0.15) is 10.2 Å². The number of hydrogen-bond acceptors (Lipinski definition) is 8. The molecule has 1 fully saturated rings. The number of carbonyl (C=O) groups is 1. The molecule has 1 atom stereocenters. The number of rotatable bonds is 7. The molecule has 1 amide bonds. The SMILES string of the molecule is CC[C@H]1CN(c2c(NC(=O)c3csc(-c4ccnnc4)n3)ccc(Oc3ccccc3)c2C)CCN1C. The number of amides is 1. The average molecular weight is 515 g/mol. The van der Waals surface area contributed by atoms with Crippen molar-refractivity contribution in [2.45, 2.75) is 26.3 Å². The molecule has 1 aliphatic rings. The Kier molecular flexibility index (Phi) is 7.43. The zero-order valence-corrected chi connectivity index (χ0v) is 22.0. The first-order valence-corrected chi connectivity index (χ1v) is 13.3. The molecule has 0 spiro atoms. The summed E-state index contributed by atoms with van der Waals surface area (Å²) in [6, 6.07) is 15.9. The Morgan fingerprint density at radius 1 is 1.14 bits per heavy atom. The number of hydrogen-bond donors (Lipinski definition) is 1. The van der Waals surface area contributed by atoms with E-state index in [0.717, 1.165) is 65.1 Å². The lowest BCUT2D eigenvalue weighted by Crippen LogP contribution is -2.51. The first kappa shape index (κ1) is 24.9. The van der Waals surface area contributed by atoms with Crippen molar-refractivity contribution in [2.75, 3.05) is 36.9 Å². The fourth-order valence-corrected chi connectivity index (χ4v) is 5.41. The number of nitrogens with one attached hydrogen (secondary N) is 1. The van der Waals surface area contributed by atoms with Crippen LogP contribution in [0.15, 0.2) is 66.3 Å². The number of likely N-dealkylation sites (N-methyl/N-ethyl adjacent to an activating group) is 1. The third kappa shape index (κ3) is 5.47. The van der Waals surface area contributed by atoms with E-state index in [4.69, 9.17) is 4.74 Å². The molecule has 190 valence electrons. The number of nitrogens with zero attached hydrogens (tertiary/aromatic N) is 5. The van der Waals surface area contributed by atoms with E-state index in [1.807, 2.05) is 48.5 Å². The quantitative estimate of drug-likeness (QED) is 0.349. The second kappa shape index (κ2) is 11.1. The van der Waals surface area contributed by atoms with Crippen molar-refractivity contribution in [2.24, 2.45) is 0 Å². The Morgan fingerprint density at radius 2 is 1.97 bits per heavy atom. The van der Waals surface area contributed by atoms with E-state index >= 15 is 0 Å². The molecule has 37 heavy (non-hydrogen) atoms. The molecular weight excluding hydrogens is 484 g/mol. The maximum atomic E-state index is 13.3. The van der Waals surface area contributed by atoms with Crippen LogP contribution in [-0.4, -0.2) is 58.7 Å². The summed E-state index contributed by atoms with van der Waals surface area (Å²) in [5, 5.41) is 13.4. The highest BCUT2D eigenvalue weighted by Crippen LogP contribution is 2.39. The first-order valence-electron chi connectivity index (χ1n) is 12.4. The normalized spacial score (nSPS) is 16.0. The van der Waals surface area contributed by atoms with Crippen LogP contribution < -0.4 is 15.0 Å². The van der Waals surface area contributed by atoms with Gasteiger partial charge >= 0.3 is 0 Å². The van der Waals surface area contributed by atoms with Crippen molar-refractivity contribution in [3.63, 3.8) is 0 Å². The molecule has 2 aromatic carbocycles. The Balaban J connectivity index is 1.46. The highest BCUT2D eigenvalue weighted by Gasteiger charge is 2.27. The van der Waals surface area contributed by atoms with Crippen LogP contribution >= 0.6 is 11.3 Å². The molecule has 0 bridgehead atoms. The molecule has 8 nitrogen and oxygen atoms in total. The summed E-state index contributed by atoms with van der Waals surface area (Å²) >= 11 is 1.41.